The number of aliphatic hydroxyl groups excluding tert-OH is 1. The molecule has 0 saturated carbocycles. The number of rotatable bonds is 37. The van der Waals surface area contributed by atoms with Crippen LogP contribution in [0.1, 0.15) is 149 Å². The molecule has 0 aromatic rings. The number of carboxylic acids is 1. The number of aliphatic hydroxyl groups is 1. The van der Waals surface area contributed by atoms with Gasteiger partial charge in [-0.25, -0.2) is 4.79 Å². The van der Waals surface area contributed by atoms with Gasteiger partial charge < -0.3 is 25.6 Å². The Morgan fingerprint density at radius 3 is 1.59 bits per heavy atom. The smallest absolute Gasteiger partial charge is 0.328 e. The van der Waals surface area contributed by atoms with E-state index in [1.807, 2.05) is 12.2 Å². The first-order valence-electron chi connectivity index (χ1n) is 21.8. The number of hydrogen-bond donors (Lipinski definition) is 4. The molecular formula is C49H76N2O7. The molecule has 0 bridgehead atoms. The average molecular weight is 805 g/mol. The fraction of sp³-hybridized carbons (Fsp3) is 0.551. The van der Waals surface area contributed by atoms with E-state index in [2.05, 4.69) is 122 Å². The van der Waals surface area contributed by atoms with Crippen molar-refractivity contribution >= 4 is 23.8 Å². The van der Waals surface area contributed by atoms with E-state index in [1.54, 1.807) is 0 Å². The summed E-state index contributed by atoms with van der Waals surface area (Å²) >= 11 is 0. The van der Waals surface area contributed by atoms with Gasteiger partial charge in [0.2, 0.25) is 11.8 Å². The van der Waals surface area contributed by atoms with Gasteiger partial charge in [0.25, 0.3) is 0 Å². The van der Waals surface area contributed by atoms with Crippen LogP contribution in [0.3, 0.4) is 0 Å². The second-order valence-corrected chi connectivity index (χ2v) is 14.0. The molecule has 0 aromatic carbocycles. The highest BCUT2D eigenvalue weighted by Gasteiger charge is 2.18. The summed E-state index contributed by atoms with van der Waals surface area (Å²) in [5, 5.41) is 22.5. The Balaban J connectivity index is 4.55. The lowest BCUT2D eigenvalue weighted by molar-refractivity contribution is -0.147. The van der Waals surface area contributed by atoms with Gasteiger partial charge in [0, 0.05) is 12.8 Å². The average Bonchev–Trinajstić information content (AvgIpc) is 3.21. The Labute approximate surface area is 350 Å². The van der Waals surface area contributed by atoms with E-state index in [1.165, 1.54) is 19.3 Å². The minimum atomic E-state index is -1.40. The lowest BCUT2D eigenvalue weighted by atomic mass is 10.1. The van der Waals surface area contributed by atoms with Gasteiger partial charge in [0.15, 0.2) is 0 Å². The first-order valence-corrected chi connectivity index (χ1v) is 21.8. The molecule has 0 radical (unpaired) electrons. The molecule has 0 aliphatic carbocycles. The zero-order valence-electron chi connectivity index (χ0n) is 35.7. The van der Waals surface area contributed by atoms with E-state index in [0.717, 1.165) is 89.9 Å². The molecule has 2 atom stereocenters. The number of unbranched alkanes of at least 4 members (excludes halogenated alkanes) is 7. The Kier molecular flexibility index (Phi) is 38.8. The molecule has 0 aliphatic heterocycles. The van der Waals surface area contributed by atoms with Crippen molar-refractivity contribution in [1.29, 1.82) is 0 Å². The van der Waals surface area contributed by atoms with Crippen molar-refractivity contribution in [2.75, 3.05) is 13.2 Å². The molecule has 9 heteroatoms. The van der Waals surface area contributed by atoms with Gasteiger partial charge in [0.05, 0.1) is 13.2 Å². The Bertz CT molecular complexity index is 1340. The van der Waals surface area contributed by atoms with Gasteiger partial charge in [-0.05, 0) is 96.0 Å². The normalized spacial score (nSPS) is 13.6. The maximum absolute atomic E-state index is 12.7. The van der Waals surface area contributed by atoms with Gasteiger partial charge in [-0.3, -0.25) is 14.4 Å². The number of nitrogens with one attached hydrogen (secondary N) is 2. The second-order valence-electron chi connectivity index (χ2n) is 14.0. The van der Waals surface area contributed by atoms with E-state index >= 15 is 0 Å². The minimum absolute atomic E-state index is 0.201. The van der Waals surface area contributed by atoms with Gasteiger partial charge in [-0.2, -0.15) is 0 Å². The number of esters is 1. The fourth-order valence-corrected chi connectivity index (χ4v) is 5.43. The molecule has 0 rings (SSSR count). The van der Waals surface area contributed by atoms with Crippen molar-refractivity contribution in [3.05, 3.63) is 109 Å². The highest BCUT2D eigenvalue weighted by atomic mass is 16.5. The predicted molar refractivity (Wildman–Crippen MR) is 240 cm³/mol. The Morgan fingerprint density at radius 1 is 0.552 bits per heavy atom. The van der Waals surface area contributed by atoms with Crippen molar-refractivity contribution in [2.45, 2.75) is 161 Å². The maximum atomic E-state index is 12.7. The van der Waals surface area contributed by atoms with Crippen LogP contribution in [0.25, 0.3) is 0 Å². The van der Waals surface area contributed by atoms with Crippen molar-refractivity contribution in [3.63, 3.8) is 0 Å². The third-order valence-electron chi connectivity index (χ3n) is 8.75. The SMILES string of the molecule is CC/C=C\C/C=C\C/C=C\C/C=C\C/C=C\C/C=C\CCC(=O)OC(/C=C\C/C=C\C/C=C\CCCCC)CCCCCCCC(=O)NCC(=O)NC(CO)C(=O)O. The molecule has 0 fully saturated rings. The number of amides is 2. The third-order valence-corrected chi connectivity index (χ3v) is 8.75. The maximum Gasteiger partial charge on any atom is 0.328 e. The van der Waals surface area contributed by atoms with Crippen LogP contribution in [0, 0.1) is 0 Å². The van der Waals surface area contributed by atoms with Crippen LogP contribution in [0.5, 0.6) is 0 Å². The van der Waals surface area contributed by atoms with Crippen LogP contribution >= 0.6 is 0 Å². The van der Waals surface area contributed by atoms with Crippen molar-refractivity contribution < 1.29 is 34.1 Å². The monoisotopic (exact) mass is 805 g/mol. The molecule has 2 unspecified atom stereocenters. The zero-order chi connectivity index (χ0) is 42.6. The molecule has 0 aliphatic rings. The second kappa shape index (κ2) is 42.1. The molecule has 2 amide bonds. The van der Waals surface area contributed by atoms with Crippen molar-refractivity contribution in [2.24, 2.45) is 0 Å². The molecule has 0 spiro atoms. The number of carbonyl (C=O) groups excluding carboxylic acids is 3. The summed E-state index contributed by atoms with van der Waals surface area (Å²) < 4.78 is 5.87. The first-order chi connectivity index (χ1) is 28.3. The van der Waals surface area contributed by atoms with Crippen LogP contribution in [0.2, 0.25) is 0 Å². The van der Waals surface area contributed by atoms with Gasteiger partial charge in [-0.15, -0.1) is 0 Å². The van der Waals surface area contributed by atoms with E-state index < -0.39 is 24.5 Å². The summed E-state index contributed by atoms with van der Waals surface area (Å²) in [6.45, 7) is 3.29. The molecule has 4 N–H and O–H groups in total. The van der Waals surface area contributed by atoms with Gasteiger partial charge >= 0.3 is 11.9 Å². The summed E-state index contributed by atoms with van der Waals surface area (Å²) in [6, 6.07) is -1.40. The lowest BCUT2D eigenvalue weighted by Crippen LogP contribution is -2.47. The van der Waals surface area contributed by atoms with Crippen LogP contribution in [-0.2, 0) is 23.9 Å². The lowest BCUT2D eigenvalue weighted by Gasteiger charge is -2.14. The number of carbonyl (C=O) groups is 4. The number of ether oxygens (including phenoxy) is 1. The number of allylic oxidation sites excluding steroid dienone is 17. The topological polar surface area (TPSA) is 142 Å². The number of carboxylic acid groups (broad SMARTS) is 1. The van der Waals surface area contributed by atoms with E-state index in [0.29, 0.717) is 19.3 Å². The molecule has 58 heavy (non-hydrogen) atoms. The highest BCUT2D eigenvalue weighted by Crippen LogP contribution is 2.14. The predicted octanol–water partition coefficient (Wildman–Crippen LogP) is 10.8. The van der Waals surface area contributed by atoms with Gasteiger partial charge in [-0.1, -0.05) is 149 Å². The Morgan fingerprint density at radius 2 is 1.05 bits per heavy atom. The summed E-state index contributed by atoms with van der Waals surface area (Å²) in [6.07, 6.45) is 57.1. The van der Waals surface area contributed by atoms with E-state index in [9.17, 15) is 19.2 Å². The molecule has 0 saturated heterocycles. The molecule has 0 heterocycles. The molecule has 0 aromatic heterocycles. The summed E-state index contributed by atoms with van der Waals surface area (Å²) in [5.41, 5.74) is 0. The fourth-order valence-electron chi connectivity index (χ4n) is 5.43. The largest absolute Gasteiger partial charge is 0.480 e. The summed E-state index contributed by atoms with van der Waals surface area (Å²) in [7, 11) is 0. The third kappa shape index (κ3) is 38.4. The minimum Gasteiger partial charge on any atom is -0.480 e. The number of aliphatic carboxylic acids is 1. The van der Waals surface area contributed by atoms with Gasteiger partial charge in [0.1, 0.15) is 12.1 Å². The standard InChI is InChI=1S/C49H76N2O7/c1-3-5-7-9-11-13-15-16-17-18-19-20-21-22-24-26-28-33-37-41-48(55)58-44(38-34-30-27-25-23-14-12-10-8-6-4-2)39-35-31-29-32-36-40-46(53)50-42-47(54)51-45(43-52)49(56)57/h5,7,11-14,16-17,19-20,22,24-25,27-28,33-34,38,44-45,52H,3-4,6,8-10,15,18,21,23,26,29-32,35-37,39-43H2,1-2H3,(H,50,53)(H,51,54)(H,56,57)/b7-5-,13-11-,14-12-,17-16-,20-19-,24-22-,27-25-,33-28-,38-34-. The summed E-state index contributed by atoms with van der Waals surface area (Å²) in [5.74, 6) is -2.51. The van der Waals surface area contributed by atoms with Crippen molar-refractivity contribution in [1.82, 2.24) is 10.6 Å². The number of hydrogen-bond acceptors (Lipinski definition) is 6. The van der Waals surface area contributed by atoms with Crippen LogP contribution in [0.4, 0.5) is 0 Å². The summed E-state index contributed by atoms with van der Waals surface area (Å²) in [4.78, 5) is 47.5. The van der Waals surface area contributed by atoms with E-state index in [-0.39, 0.29) is 30.9 Å². The Hall–Kier alpha value is -4.50. The first kappa shape index (κ1) is 53.5. The molecule has 9 nitrogen and oxygen atoms in total. The quantitative estimate of drug-likeness (QED) is 0.0278. The molecular weight excluding hydrogens is 729 g/mol. The highest BCUT2D eigenvalue weighted by molar-refractivity contribution is 5.87. The van der Waals surface area contributed by atoms with E-state index in [4.69, 9.17) is 14.9 Å². The zero-order valence-corrected chi connectivity index (χ0v) is 35.7. The van der Waals surface area contributed by atoms with Crippen LogP contribution < -0.4 is 10.6 Å². The van der Waals surface area contributed by atoms with Crippen molar-refractivity contribution in [3.8, 4) is 0 Å². The molecule has 324 valence electrons. The van der Waals surface area contributed by atoms with Crippen LogP contribution in [-0.4, -0.2) is 59.3 Å². The van der Waals surface area contributed by atoms with Crippen LogP contribution in [0.15, 0.2) is 109 Å².